The average molecular weight is 617 g/mol. The van der Waals surface area contributed by atoms with E-state index in [1.807, 2.05) is 38.1 Å². The molecule has 0 radical (unpaired) electrons. The van der Waals surface area contributed by atoms with E-state index in [0.29, 0.717) is 17.1 Å². The molecule has 0 saturated heterocycles. The Hall–Kier alpha value is -5.42. The molecular weight excluding hydrogens is 591 g/mol. The molecule has 0 aliphatic rings. The molecule has 10 nitrogen and oxygen atoms in total. The van der Waals surface area contributed by atoms with Gasteiger partial charge in [0.1, 0.15) is 30.5 Å². The number of rotatable bonds is 11. The predicted molar refractivity (Wildman–Crippen MR) is 162 cm³/mol. The number of nitro groups is 1. The van der Waals surface area contributed by atoms with Gasteiger partial charge in [-0.05, 0) is 86.1 Å². The van der Waals surface area contributed by atoms with Gasteiger partial charge < -0.3 is 18.5 Å². The molecule has 5 aromatic rings. The SMILES string of the molecule is Cc1ccc(C)n1-c1ccc(OCc2ccc(C(=O)N/N=C/c3cc(Cl)c(OCc4cccc(F)c4)c([N+](=O)[O-])c3)o2)cc1. The van der Waals surface area contributed by atoms with Gasteiger partial charge in [0.05, 0.1) is 16.2 Å². The van der Waals surface area contributed by atoms with Gasteiger partial charge in [-0.1, -0.05) is 23.7 Å². The second-order valence-corrected chi connectivity index (χ2v) is 10.1. The van der Waals surface area contributed by atoms with Crippen molar-refractivity contribution in [3.05, 3.63) is 140 Å². The van der Waals surface area contributed by atoms with Crippen LogP contribution in [0.3, 0.4) is 0 Å². The number of carbonyl (C=O) groups excluding carboxylic acids is 1. The molecule has 0 aliphatic carbocycles. The van der Waals surface area contributed by atoms with Crippen LogP contribution >= 0.6 is 11.6 Å². The van der Waals surface area contributed by atoms with Gasteiger partial charge in [0, 0.05) is 28.7 Å². The van der Waals surface area contributed by atoms with Gasteiger partial charge in [0.25, 0.3) is 0 Å². The van der Waals surface area contributed by atoms with E-state index in [9.17, 15) is 19.3 Å². The zero-order chi connectivity index (χ0) is 31.2. The van der Waals surface area contributed by atoms with Crippen LogP contribution in [0.1, 0.15) is 38.8 Å². The molecule has 2 heterocycles. The standard InChI is InChI=1S/C32H26ClFN4O6/c1-20-6-7-21(2)37(20)25-8-10-26(11-9-25)42-19-27-12-13-30(44-27)32(39)36-35-17-23-15-28(33)31(29(16-23)38(40)41)43-18-22-4-3-5-24(34)14-22/h3-17H,18-19H2,1-2H3,(H,36,39)/b35-17+. The number of hydrazone groups is 1. The van der Waals surface area contributed by atoms with Gasteiger partial charge in [-0.25, -0.2) is 9.82 Å². The molecule has 0 aliphatic heterocycles. The molecule has 5 rings (SSSR count). The summed E-state index contributed by atoms with van der Waals surface area (Å²) in [7, 11) is 0. The van der Waals surface area contributed by atoms with E-state index in [2.05, 4.69) is 27.2 Å². The molecule has 0 spiro atoms. The number of benzene rings is 3. The maximum absolute atomic E-state index is 13.4. The lowest BCUT2D eigenvalue weighted by molar-refractivity contribution is -0.385. The molecule has 3 aromatic carbocycles. The van der Waals surface area contributed by atoms with Crippen LogP contribution in [0.25, 0.3) is 5.69 Å². The number of ether oxygens (including phenoxy) is 2. The highest BCUT2D eigenvalue weighted by molar-refractivity contribution is 6.32. The van der Waals surface area contributed by atoms with Gasteiger partial charge >= 0.3 is 11.6 Å². The number of nitro benzene ring substituents is 1. The fourth-order valence-electron chi connectivity index (χ4n) is 4.45. The summed E-state index contributed by atoms with van der Waals surface area (Å²) in [6.07, 6.45) is 1.19. The second kappa shape index (κ2) is 13.3. The molecule has 0 bridgehead atoms. The number of furan rings is 1. The Balaban J connectivity index is 1.17. The van der Waals surface area contributed by atoms with Crippen molar-refractivity contribution in [1.29, 1.82) is 0 Å². The van der Waals surface area contributed by atoms with E-state index in [0.717, 1.165) is 17.1 Å². The van der Waals surface area contributed by atoms with E-state index >= 15 is 0 Å². The minimum Gasteiger partial charge on any atom is -0.486 e. The van der Waals surface area contributed by atoms with Crippen LogP contribution in [0.15, 0.2) is 94.4 Å². The van der Waals surface area contributed by atoms with E-state index in [1.54, 1.807) is 12.1 Å². The van der Waals surface area contributed by atoms with Crippen LogP contribution in [0.5, 0.6) is 11.5 Å². The van der Waals surface area contributed by atoms with Crippen molar-refractivity contribution >= 4 is 29.4 Å². The number of nitrogens with one attached hydrogen (secondary N) is 1. The van der Waals surface area contributed by atoms with Crippen LogP contribution in [0.4, 0.5) is 10.1 Å². The second-order valence-electron chi connectivity index (χ2n) is 9.73. The number of halogens is 2. The zero-order valence-corrected chi connectivity index (χ0v) is 24.4. The molecule has 12 heteroatoms. The Morgan fingerprint density at radius 1 is 1.02 bits per heavy atom. The largest absolute Gasteiger partial charge is 0.486 e. The van der Waals surface area contributed by atoms with Crippen molar-refractivity contribution in [2.24, 2.45) is 5.10 Å². The van der Waals surface area contributed by atoms with Crippen LogP contribution in [-0.4, -0.2) is 21.6 Å². The number of hydrogen-bond acceptors (Lipinski definition) is 7. The van der Waals surface area contributed by atoms with Crippen LogP contribution in [0.2, 0.25) is 5.02 Å². The topological polar surface area (TPSA) is 121 Å². The number of carbonyl (C=O) groups is 1. The summed E-state index contributed by atoms with van der Waals surface area (Å²) in [5, 5.41) is 15.5. The third-order valence-electron chi connectivity index (χ3n) is 6.53. The van der Waals surface area contributed by atoms with E-state index < -0.39 is 22.3 Å². The Bertz CT molecular complexity index is 1830. The monoisotopic (exact) mass is 616 g/mol. The first kappa shape index (κ1) is 30.1. The number of amides is 1. The molecule has 2 aromatic heterocycles. The summed E-state index contributed by atoms with van der Waals surface area (Å²) in [6, 6.07) is 23.1. The number of aryl methyl sites for hydroxylation is 2. The van der Waals surface area contributed by atoms with Crippen molar-refractivity contribution in [3.8, 4) is 17.2 Å². The minimum atomic E-state index is -0.659. The summed E-state index contributed by atoms with van der Waals surface area (Å²) in [5.41, 5.74) is 5.90. The van der Waals surface area contributed by atoms with Gasteiger partial charge in [-0.2, -0.15) is 5.10 Å². The number of nitrogens with zero attached hydrogens (tertiary/aromatic N) is 3. The maximum Gasteiger partial charge on any atom is 0.313 e. The highest BCUT2D eigenvalue weighted by atomic mass is 35.5. The van der Waals surface area contributed by atoms with Crippen molar-refractivity contribution in [3.63, 3.8) is 0 Å². The lowest BCUT2D eigenvalue weighted by atomic mass is 10.2. The van der Waals surface area contributed by atoms with Crippen molar-refractivity contribution in [2.75, 3.05) is 0 Å². The quantitative estimate of drug-likeness (QED) is 0.0943. The Kier molecular flexibility index (Phi) is 9.06. The third kappa shape index (κ3) is 7.13. The Morgan fingerprint density at radius 2 is 1.77 bits per heavy atom. The third-order valence-corrected chi connectivity index (χ3v) is 6.81. The van der Waals surface area contributed by atoms with Gasteiger partial charge in [0.15, 0.2) is 5.76 Å². The molecule has 224 valence electrons. The normalized spacial score (nSPS) is 11.1. The van der Waals surface area contributed by atoms with Crippen molar-refractivity contribution < 1.29 is 28.0 Å². The van der Waals surface area contributed by atoms with Crippen LogP contribution < -0.4 is 14.9 Å². The van der Waals surface area contributed by atoms with Crippen molar-refractivity contribution in [2.45, 2.75) is 27.1 Å². The fraction of sp³-hybridized carbons (Fsp3) is 0.125. The van der Waals surface area contributed by atoms with E-state index in [4.69, 9.17) is 25.5 Å². The van der Waals surface area contributed by atoms with E-state index in [-0.39, 0.29) is 35.3 Å². The maximum atomic E-state index is 13.4. The van der Waals surface area contributed by atoms with Gasteiger partial charge in [0.2, 0.25) is 5.75 Å². The lowest BCUT2D eigenvalue weighted by Gasteiger charge is -2.10. The first-order valence-corrected chi connectivity index (χ1v) is 13.7. The highest BCUT2D eigenvalue weighted by Crippen LogP contribution is 2.36. The summed E-state index contributed by atoms with van der Waals surface area (Å²) in [4.78, 5) is 23.5. The van der Waals surface area contributed by atoms with E-state index in [1.165, 1.54) is 42.6 Å². The summed E-state index contributed by atoms with van der Waals surface area (Å²) < 4.78 is 32.5. The molecule has 0 atom stereocenters. The minimum absolute atomic E-state index is 0.000217. The smallest absolute Gasteiger partial charge is 0.313 e. The molecular formula is C32H26ClFN4O6. The molecule has 44 heavy (non-hydrogen) atoms. The van der Waals surface area contributed by atoms with Gasteiger partial charge in [-0.15, -0.1) is 0 Å². The molecule has 0 saturated carbocycles. The zero-order valence-electron chi connectivity index (χ0n) is 23.6. The summed E-state index contributed by atoms with van der Waals surface area (Å²) >= 11 is 6.25. The summed E-state index contributed by atoms with van der Waals surface area (Å²) in [5.74, 6) is -0.198. The number of aromatic nitrogens is 1. The average Bonchev–Trinajstić information content (AvgIpc) is 3.61. The predicted octanol–water partition coefficient (Wildman–Crippen LogP) is 7.31. The summed E-state index contributed by atoms with van der Waals surface area (Å²) in [6.45, 7) is 4.06. The first-order chi connectivity index (χ1) is 21.2. The molecule has 1 amide bonds. The Morgan fingerprint density at radius 3 is 2.48 bits per heavy atom. The van der Waals surface area contributed by atoms with Crippen LogP contribution in [-0.2, 0) is 13.2 Å². The molecule has 0 unspecified atom stereocenters. The van der Waals surface area contributed by atoms with Gasteiger partial charge in [-0.3, -0.25) is 14.9 Å². The van der Waals surface area contributed by atoms with Crippen LogP contribution in [0, 0.1) is 29.8 Å². The highest BCUT2D eigenvalue weighted by Gasteiger charge is 2.21. The Labute approximate surface area is 256 Å². The molecule has 1 N–H and O–H groups in total. The molecule has 0 fully saturated rings. The van der Waals surface area contributed by atoms with Crippen molar-refractivity contribution in [1.82, 2.24) is 9.99 Å². The lowest BCUT2D eigenvalue weighted by Crippen LogP contribution is -2.16. The number of hydrogen-bond donors (Lipinski definition) is 1. The fourth-order valence-corrected chi connectivity index (χ4v) is 4.73. The first-order valence-electron chi connectivity index (χ1n) is 13.3.